The molecule has 3 atom stereocenters. The molecule has 3 aromatic rings. The highest BCUT2D eigenvalue weighted by atomic mass is 32.1. The minimum atomic E-state index is -1.86. The van der Waals surface area contributed by atoms with Crippen LogP contribution in [0, 0.1) is 13.8 Å². The van der Waals surface area contributed by atoms with Gasteiger partial charge in [0.2, 0.25) is 0 Å². The van der Waals surface area contributed by atoms with E-state index in [0.29, 0.717) is 18.0 Å². The third kappa shape index (κ3) is 7.04. The minimum absolute atomic E-state index is 0.115. The normalized spacial score (nSPS) is 18.9. The predicted molar refractivity (Wildman–Crippen MR) is 159 cm³/mol. The highest BCUT2D eigenvalue weighted by Crippen LogP contribution is 2.33. The standard InChI is InChI=1S/C32H40N4O4S/c1-21-8-5-9-22(2)26(21)17-25-20-41-28(34-25)18-33-31(39)29(37)30(38)32(40)36-15-7-12-27(36)24-11-6-10-23(16-24)19-35-13-3-4-14-35/h5-6,8-11,16,20,27,29-30,37-38H,3-4,7,12-15,17-19H2,1-2H3,(H,33,39). The molecular formula is C32H40N4O4S. The zero-order valence-corrected chi connectivity index (χ0v) is 24.7. The Morgan fingerprint density at radius 3 is 2.51 bits per heavy atom. The number of carbonyl (C=O) groups is 2. The lowest BCUT2D eigenvalue weighted by Gasteiger charge is -2.29. The van der Waals surface area contributed by atoms with Gasteiger partial charge in [-0.3, -0.25) is 14.5 Å². The van der Waals surface area contributed by atoms with Crippen LogP contribution in [0.5, 0.6) is 0 Å². The van der Waals surface area contributed by atoms with Gasteiger partial charge in [0.15, 0.2) is 12.2 Å². The second-order valence-corrected chi connectivity index (χ2v) is 12.2. The first-order valence-corrected chi connectivity index (χ1v) is 15.4. The largest absolute Gasteiger partial charge is 0.380 e. The van der Waals surface area contributed by atoms with Gasteiger partial charge < -0.3 is 20.4 Å². The van der Waals surface area contributed by atoms with Gasteiger partial charge in [-0.2, -0.15) is 0 Å². The van der Waals surface area contributed by atoms with E-state index < -0.39 is 24.0 Å². The van der Waals surface area contributed by atoms with Gasteiger partial charge in [0.1, 0.15) is 5.01 Å². The first-order chi connectivity index (χ1) is 19.8. The van der Waals surface area contributed by atoms with Crippen molar-refractivity contribution in [2.45, 2.75) is 77.3 Å². The third-order valence-corrected chi connectivity index (χ3v) is 9.21. The van der Waals surface area contributed by atoms with Crippen molar-refractivity contribution >= 4 is 23.2 Å². The molecule has 2 aliphatic rings. The minimum Gasteiger partial charge on any atom is -0.380 e. The Balaban J connectivity index is 1.16. The molecule has 3 N–H and O–H groups in total. The highest BCUT2D eigenvalue weighted by molar-refractivity contribution is 7.09. The Hall–Kier alpha value is -3.11. The maximum Gasteiger partial charge on any atom is 0.255 e. The first-order valence-electron chi connectivity index (χ1n) is 14.5. The summed E-state index contributed by atoms with van der Waals surface area (Å²) in [5.74, 6) is -1.41. The number of rotatable bonds is 10. The fourth-order valence-electron chi connectivity index (χ4n) is 6.01. The van der Waals surface area contributed by atoms with Crippen LogP contribution >= 0.6 is 11.3 Å². The van der Waals surface area contributed by atoms with Gasteiger partial charge in [-0.15, -0.1) is 11.3 Å². The van der Waals surface area contributed by atoms with Crippen molar-refractivity contribution in [1.82, 2.24) is 20.1 Å². The number of likely N-dealkylation sites (tertiary alicyclic amines) is 2. The number of aliphatic hydroxyl groups is 2. The SMILES string of the molecule is Cc1cccc(C)c1Cc1csc(CNC(=O)C(O)C(O)C(=O)N2CCCC2c2cccc(CN3CCCC3)c2)n1. The summed E-state index contributed by atoms with van der Waals surface area (Å²) in [7, 11) is 0. The molecule has 2 fully saturated rings. The number of benzene rings is 2. The highest BCUT2D eigenvalue weighted by Gasteiger charge is 2.38. The Morgan fingerprint density at radius 1 is 1.02 bits per heavy atom. The average Bonchev–Trinajstić information content (AvgIpc) is 3.75. The van der Waals surface area contributed by atoms with Crippen LogP contribution < -0.4 is 5.32 Å². The van der Waals surface area contributed by atoms with E-state index in [1.54, 1.807) is 4.90 Å². The summed E-state index contributed by atoms with van der Waals surface area (Å²) in [6.07, 6.45) is 1.06. The van der Waals surface area contributed by atoms with Crippen LogP contribution in [0.3, 0.4) is 0 Å². The summed E-state index contributed by atoms with van der Waals surface area (Å²) >= 11 is 1.43. The van der Waals surface area contributed by atoms with Crippen molar-refractivity contribution in [3.05, 3.63) is 86.4 Å². The van der Waals surface area contributed by atoms with E-state index in [9.17, 15) is 19.8 Å². The van der Waals surface area contributed by atoms with Gasteiger partial charge >= 0.3 is 0 Å². The number of aryl methyl sites for hydroxylation is 2. The summed E-state index contributed by atoms with van der Waals surface area (Å²) in [6, 6.07) is 14.3. The molecule has 8 nitrogen and oxygen atoms in total. The second kappa shape index (κ2) is 13.2. The molecule has 9 heteroatoms. The lowest BCUT2D eigenvalue weighted by molar-refractivity contribution is -0.153. The molecule has 41 heavy (non-hydrogen) atoms. The quantitative estimate of drug-likeness (QED) is 0.340. The molecule has 218 valence electrons. The molecule has 2 aromatic carbocycles. The van der Waals surface area contributed by atoms with Crippen LogP contribution in [0.4, 0.5) is 0 Å². The molecule has 0 radical (unpaired) electrons. The van der Waals surface area contributed by atoms with Crippen LogP contribution in [0.15, 0.2) is 47.8 Å². The molecule has 0 aliphatic carbocycles. The summed E-state index contributed by atoms with van der Waals surface area (Å²) < 4.78 is 0. The summed E-state index contributed by atoms with van der Waals surface area (Å²) in [5.41, 5.74) is 6.82. The summed E-state index contributed by atoms with van der Waals surface area (Å²) in [6.45, 7) is 7.88. The van der Waals surface area contributed by atoms with Crippen LogP contribution in [0.2, 0.25) is 0 Å². The second-order valence-electron chi connectivity index (χ2n) is 11.3. The number of aliphatic hydroxyl groups excluding tert-OH is 2. The number of hydrogen-bond donors (Lipinski definition) is 3. The molecular weight excluding hydrogens is 536 g/mol. The van der Waals surface area contributed by atoms with Gasteiger partial charge in [0.25, 0.3) is 11.8 Å². The van der Waals surface area contributed by atoms with Crippen molar-refractivity contribution in [2.75, 3.05) is 19.6 Å². The zero-order valence-electron chi connectivity index (χ0n) is 23.9. The molecule has 1 aromatic heterocycles. The Morgan fingerprint density at radius 2 is 1.76 bits per heavy atom. The molecule has 5 rings (SSSR count). The van der Waals surface area contributed by atoms with Crippen molar-refractivity contribution in [3.8, 4) is 0 Å². The van der Waals surface area contributed by atoms with Gasteiger partial charge in [-0.1, -0.05) is 42.5 Å². The number of hydrogen-bond acceptors (Lipinski definition) is 7. The fourth-order valence-corrected chi connectivity index (χ4v) is 6.74. The van der Waals surface area contributed by atoms with E-state index in [1.807, 2.05) is 23.6 Å². The molecule has 2 amide bonds. The maximum absolute atomic E-state index is 13.3. The maximum atomic E-state index is 13.3. The van der Waals surface area contributed by atoms with Crippen LogP contribution in [-0.2, 0) is 29.1 Å². The smallest absolute Gasteiger partial charge is 0.255 e. The number of nitrogens with zero attached hydrogens (tertiary/aromatic N) is 3. The van der Waals surface area contributed by atoms with E-state index in [-0.39, 0.29) is 12.6 Å². The van der Waals surface area contributed by atoms with Gasteiger partial charge in [-0.25, -0.2) is 4.98 Å². The molecule has 0 spiro atoms. The molecule has 0 saturated carbocycles. The van der Waals surface area contributed by atoms with Crippen molar-refractivity contribution in [1.29, 1.82) is 0 Å². The van der Waals surface area contributed by atoms with E-state index >= 15 is 0 Å². The first kappa shape index (κ1) is 29.4. The Kier molecular flexibility index (Phi) is 9.49. The number of amides is 2. The lowest BCUT2D eigenvalue weighted by atomic mass is 9.99. The van der Waals surface area contributed by atoms with Gasteiger partial charge in [0.05, 0.1) is 18.3 Å². The summed E-state index contributed by atoms with van der Waals surface area (Å²) in [4.78, 5) is 34.6. The van der Waals surface area contributed by atoms with Gasteiger partial charge in [-0.05, 0) is 80.4 Å². The van der Waals surface area contributed by atoms with E-state index in [0.717, 1.165) is 43.7 Å². The van der Waals surface area contributed by atoms with E-state index in [2.05, 4.69) is 53.3 Å². The van der Waals surface area contributed by atoms with Crippen LogP contribution in [0.25, 0.3) is 0 Å². The average molecular weight is 577 g/mol. The van der Waals surface area contributed by atoms with Crippen LogP contribution in [-0.4, -0.2) is 68.7 Å². The molecule has 2 saturated heterocycles. The number of carbonyl (C=O) groups excluding carboxylic acids is 2. The van der Waals surface area contributed by atoms with E-state index in [4.69, 9.17) is 0 Å². The van der Waals surface area contributed by atoms with E-state index in [1.165, 1.54) is 46.4 Å². The van der Waals surface area contributed by atoms with Gasteiger partial charge in [0, 0.05) is 24.9 Å². The van der Waals surface area contributed by atoms with Crippen molar-refractivity contribution in [2.24, 2.45) is 0 Å². The Labute approximate surface area is 246 Å². The summed E-state index contributed by atoms with van der Waals surface area (Å²) in [5, 5.41) is 26.6. The fraction of sp³-hybridized carbons (Fsp3) is 0.469. The zero-order chi connectivity index (χ0) is 28.9. The topological polar surface area (TPSA) is 106 Å². The number of thiazole rings is 1. The number of nitrogens with one attached hydrogen (secondary N) is 1. The molecule has 0 bridgehead atoms. The van der Waals surface area contributed by atoms with Crippen LogP contribution in [0.1, 0.15) is 70.2 Å². The van der Waals surface area contributed by atoms with Crippen molar-refractivity contribution < 1.29 is 19.8 Å². The molecule has 3 heterocycles. The monoisotopic (exact) mass is 576 g/mol. The Bertz CT molecular complexity index is 1350. The third-order valence-electron chi connectivity index (χ3n) is 8.31. The predicted octanol–water partition coefficient (Wildman–Crippen LogP) is 3.65. The molecule has 3 unspecified atom stereocenters. The number of aromatic nitrogens is 1. The van der Waals surface area contributed by atoms with Crippen molar-refractivity contribution in [3.63, 3.8) is 0 Å². The molecule has 2 aliphatic heterocycles. The lowest BCUT2D eigenvalue weighted by Crippen LogP contribution is -2.50.